The van der Waals surface area contributed by atoms with E-state index >= 15 is 0 Å². The smallest absolute Gasteiger partial charge is 0.238 e. The van der Waals surface area contributed by atoms with Gasteiger partial charge in [0, 0.05) is 29.3 Å². The third-order valence-corrected chi connectivity index (χ3v) is 4.61. The second-order valence-corrected chi connectivity index (χ2v) is 6.68. The second kappa shape index (κ2) is 6.78. The van der Waals surface area contributed by atoms with Crippen LogP contribution in [0.2, 0.25) is 0 Å². The van der Waals surface area contributed by atoms with E-state index in [4.69, 9.17) is 10.5 Å². The molecule has 1 aromatic heterocycles. The van der Waals surface area contributed by atoms with Crippen LogP contribution in [0.4, 0.5) is 10.8 Å². The molecular formula is C12H15N3O3S2. The van der Waals surface area contributed by atoms with Gasteiger partial charge in [-0.15, -0.1) is 0 Å². The number of carbonyl (C=O) groups excluding carboxylic acids is 1. The quantitative estimate of drug-likeness (QED) is 0.782. The van der Waals surface area contributed by atoms with Crippen molar-refractivity contribution in [3.05, 3.63) is 18.2 Å². The number of ether oxygens (including phenoxy) is 1. The molecule has 0 saturated carbocycles. The molecule has 2 aromatic rings. The third kappa shape index (κ3) is 3.99. The molecule has 0 aliphatic rings. The Balaban J connectivity index is 1.97. The molecule has 0 aliphatic heterocycles. The van der Waals surface area contributed by atoms with Crippen LogP contribution in [0.5, 0.6) is 0 Å². The van der Waals surface area contributed by atoms with Gasteiger partial charge in [-0.2, -0.15) is 0 Å². The van der Waals surface area contributed by atoms with Crippen LogP contribution in [0.3, 0.4) is 0 Å². The van der Waals surface area contributed by atoms with E-state index in [1.807, 2.05) is 0 Å². The monoisotopic (exact) mass is 313 g/mol. The third-order valence-electron chi connectivity index (χ3n) is 2.47. The highest BCUT2D eigenvalue weighted by Gasteiger charge is 2.11. The summed E-state index contributed by atoms with van der Waals surface area (Å²) in [6.45, 7) is 0.375. The summed E-state index contributed by atoms with van der Waals surface area (Å²) in [5, 5.41) is 3.14. The summed E-state index contributed by atoms with van der Waals surface area (Å²) in [4.78, 5) is 16.0. The topological polar surface area (TPSA) is 94.3 Å². The van der Waals surface area contributed by atoms with Crippen LogP contribution in [0.25, 0.3) is 10.2 Å². The molecule has 0 aliphatic carbocycles. The number of anilines is 2. The van der Waals surface area contributed by atoms with Crippen molar-refractivity contribution >= 4 is 49.1 Å². The second-order valence-electron chi connectivity index (χ2n) is 4.08. The fourth-order valence-electron chi connectivity index (χ4n) is 1.54. The molecule has 6 nitrogen and oxygen atoms in total. The van der Waals surface area contributed by atoms with E-state index in [9.17, 15) is 9.00 Å². The Bertz CT molecular complexity index is 642. The SMILES string of the molecule is COCCS(=O)CC(=O)Nc1nc2ccc(N)cc2s1. The van der Waals surface area contributed by atoms with Crippen molar-refractivity contribution in [2.24, 2.45) is 0 Å². The van der Waals surface area contributed by atoms with Crippen molar-refractivity contribution < 1.29 is 13.7 Å². The number of benzene rings is 1. The first-order chi connectivity index (χ1) is 9.58. The zero-order valence-corrected chi connectivity index (χ0v) is 12.6. The van der Waals surface area contributed by atoms with Crippen LogP contribution in [0, 0.1) is 0 Å². The van der Waals surface area contributed by atoms with Crippen LogP contribution < -0.4 is 11.1 Å². The van der Waals surface area contributed by atoms with Gasteiger partial charge in [0.05, 0.1) is 16.8 Å². The van der Waals surface area contributed by atoms with E-state index in [1.54, 1.807) is 18.2 Å². The Labute approximate surface area is 122 Å². The summed E-state index contributed by atoms with van der Waals surface area (Å²) in [7, 11) is 0.307. The average molecular weight is 313 g/mol. The van der Waals surface area contributed by atoms with E-state index in [0.717, 1.165) is 10.2 Å². The number of aromatic nitrogens is 1. The molecule has 0 fully saturated rings. The van der Waals surface area contributed by atoms with E-state index in [1.165, 1.54) is 18.4 Å². The summed E-state index contributed by atoms with van der Waals surface area (Å²) in [5.41, 5.74) is 7.12. The van der Waals surface area contributed by atoms with E-state index in [-0.39, 0.29) is 11.7 Å². The number of thiazole rings is 1. The number of nitrogens with one attached hydrogen (secondary N) is 1. The van der Waals surface area contributed by atoms with Crippen molar-refractivity contribution in [2.45, 2.75) is 0 Å². The van der Waals surface area contributed by atoms with Crippen LogP contribution in [-0.4, -0.2) is 40.3 Å². The summed E-state index contributed by atoms with van der Waals surface area (Å²) in [6.07, 6.45) is 0. The molecule has 20 heavy (non-hydrogen) atoms. The molecule has 1 heterocycles. The van der Waals surface area contributed by atoms with E-state index in [2.05, 4.69) is 10.3 Å². The molecule has 1 amide bonds. The molecule has 3 N–H and O–H groups in total. The Morgan fingerprint density at radius 1 is 1.55 bits per heavy atom. The minimum atomic E-state index is -1.23. The van der Waals surface area contributed by atoms with Crippen molar-refractivity contribution in [1.82, 2.24) is 4.98 Å². The Morgan fingerprint density at radius 2 is 2.35 bits per heavy atom. The van der Waals surface area contributed by atoms with Gasteiger partial charge in [0.2, 0.25) is 5.91 Å². The molecule has 0 spiro atoms. The molecule has 8 heteroatoms. The standard InChI is InChI=1S/C12H15N3O3S2/c1-18-4-5-20(17)7-11(16)15-12-14-9-3-2-8(13)6-10(9)19-12/h2-3,6H,4-5,7,13H2,1H3,(H,14,15,16). The molecule has 2 rings (SSSR count). The number of nitrogen functional groups attached to an aromatic ring is 1. The minimum absolute atomic E-state index is 0.0541. The van der Waals surface area contributed by atoms with Crippen molar-refractivity contribution in [3.8, 4) is 0 Å². The van der Waals surface area contributed by atoms with Gasteiger partial charge < -0.3 is 15.8 Å². The highest BCUT2D eigenvalue weighted by molar-refractivity contribution is 7.85. The maximum absolute atomic E-state index is 11.7. The van der Waals surface area contributed by atoms with Gasteiger partial charge in [-0.05, 0) is 18.2 Å². The number of amides is 1. The number of rotatable bonds is 6. The Kier molecular flexibility index (Phi) is 5.05. The molecule has 1 atom stereocenters. The first-order valence-electron chi connectivity index (χ1n) is 5.88. The number of nitrogens with zero attached hydrogens (tertiary/aromatic N) is 1. The predicted octanol–water partition coefficient (Wildman–Crippen LogP) is 1.21. The lowest BCUT2D eigenvalue weighted by Gasteiger charge is -2.01. The van der Waals surface area contributed by atoms with Gasteiger partial charge in [-0.25, -0.2) is 4.98 Å². The highest BCUT2D eigenvalue weighted by Crippen LogP contribution is 2.27. The van der Waals surface area contributed by atoms with Crippen LogP contribution in [-0.2, 0) is 20.3 Å². The van der Waals surface area contributed by atoms with E-state index < -0.39 is 10.8 Å². The van der Waals surface area contributed by atoms with Crippen LogP contribution in [0.15, 0.2) is 18.2 Å². The van der Waals surface area contributed by atoms with Gasteiger partial charge in [0.1, 0.15) is 5.75 Å². The molecule has 1 aromatic carbocycles. The number of methoxy groups -OCH3 is 1. The van der Waals surface area contributed by atoms with Crippen molar-refractivity contribution in [1.29, 1.82) is 0 Å². The molecule has 1 unspecified atom stereocenters. The molecule has 108 valence electrons. The first-order valence-corrected chi connectivity index (χ1v) is 8.19. The maximum atomic E-state index is 11.7. The van der Waals surface area contributed by atoms with Crippen LogP contribution >= 0.6 is 11.3 Å². The first kappa shape index (κ1) is 14.9. The molecule has 0 saturated heterocycles. The molecular weight excluding hydrogens is 298 g/mol. The van der Waals surface area contributed by atoms with Gasteiger partial charge in [-0.1, -0.05) is 11.3 Å². The zero-order chi connectivity index (χ0) is 14.5. The number of nitrogens with two attached hydrogens (primary N) is 1. The molecule has 0 bridgehead atoms. The van der Waals surface area contributed by atoms with Gasteiger partial charge in [0.15, 0.2) is 5.13 Å². The lowest BCUT2D eigenvalue weighted by molar-refractivity contribution is -0.113. The van der Waals surface area contributed by atoms with Crippen LogP contribution in [0.1, 0.15) is 0 Å². The highest BCUT2D eigenvalue weighted by atomic mass is 32.2. The number of hydrogen-bond donors (Lipinski definition) is 2. The average Bonchev–Trinajstić information content (AvgIpc) is 2.77. The summed E-state index contributed by atoms with van der Waals surface area (Å²) < 4.78 is 17.3. The number of hydrogen-bond acceptors (Lipinski definition) is 6. The molecule has 0 radical (unpaired) electrons. The van der Waals surface area contributed by atoms with Crippen molar-refractivity contribution in [3.63, 3.8) is 0 Å². The summed E-state index contributed by atoms with van der Waals surface area (Å²) in [6, 6.07) is 5.36. The summed E-state index contributed by atoms with van der Waals surface area (Å²) in [5.74, 6) is -0.0201. The Hall–Kier alpha value is -1.51. The predicted molar refractivity (Wildman–Crippen MR) is 82.4 cm³/mol. The number of fused-ring (bicyclic) bond motifs is 1. The maximum Gasteiger partial charge on any atom is 0.238 e. The fraction of sp³-hybridized carbons (Fsp3) is 0.333. The summed E-state index contributed by atoms with van der Waals surface area (Å²) >= 11 is 1.34. The Morgan fingerprint density at radius 3 is 3.10 bits per heavy atom. The minimum Gasteiger partial charge on any atom is -0.399 e. The zero-order valence-electron chi connectivity index (χ0n) is 10.9. The number of carbonyl (C=O) groups is 1. The normalized spacial score (nSPS) is 12.4. The van der Waals surface area contributed by atoms with Gasteiger partial charge in [0.25, 0.3) is 0 Å². The van der Waals surface area contributed by atoms with Crippen molar-refractivity contribution in [2.75, 3.05) is 36.3 Å². The lowest BCUT2D eigenvalue weighted by Crippen LogP contribution is -2.21. The van der Waals surface area contributed by atoms with Gasteiger partial charge >= 0.3 is 0 Å². The fourth-order valence-corrected chi connectivity index (χ4v) is 3.34. The largest absolute Gasteiger partial charge is 0.399 e. The van der Waals surface area contributed by atoms with E-state index in [0.29, 0.717) is 23.2 Å². The lowest BCUT2D eigenvalue weighted by atomic mass is 10.3. The van der Waals surface area contributed by atoms with Gasteiger partial charge in [-0.3, -0.25) is 9.00 Å².